The fraction of sp³-hybridized carbons (Fsp3) is 0.579. The summed E-state index contributed by atoms with van der Waals surface area (Å²) in [5.41, 5.74) is 2.64. The highest BCUT2D eigenvalue weighted by Gasteiger charge is 2.15. The van der Waals surface area contributed by atoms with Gasteiger partial charge in [0.15, 0.2) is 0 Å². The van der Waals surface area contributed by atoms with Crippen LogP contribution in [-0.2, 0) is 5.41 Å². The van der Waals surface area contributed by atoms with Crippen molar-refractivity contribution in [2.75, 3.05) is 19.6 Å². The lowest BCUT2D eigenvalue weighted by Crippen LogP contribution is -2.36. The molecule has 0 aliphatic carbocycles. The molecule has 2 nitrogen and oxygen atoms in total. The second-order valence-electron chi connectivity index (χ2n) is 6.95. The van der Waals surface area contributed by atoms with E-state index in [-0.39, 0.29) is 11.5 Å². The van der Waals surface area contributed by atoms with Crippen molar-refractivity contribution in [3.05, 3.63) is 35.4 Å². The maximum Gasteiger partial charge on any atom is 0.0564 e. The highest BCUT2D eigenvalue weighted by atomic mass is 16.3. The van der Waals surface area contributed by atoms with E-state index >= 15 is 0 Å². The summed E-state index contributed by atoms with van der Waals surface area (Å²) in [4.78, 5) is 2.39. The molecule has 0 atom stereocenters. The molecule has 1 saturated heterocycles. The van der Waals surface area contributed by atoms with Gasteiger partial charge in [-0.15, -0.1) is 0 Å². The Kier molecular flexibility index (Phi) is 5.45. The third-order valence-corrected chi connectivity index (χ3v) is 4.09. The summed E-state index contributed by atoms with van der Waals surface area (Å²) in [6.07, 6.45) is 2.62. The van der Waals surface area contributed by atoms with Gasteiger partial charge in [0.05, 0.1) is 6.10 Å². The smallest absolute Gasteiger partial charge is 0.0564 e. The van der Waals surface area contributed by atoms with E-state index in [0.29, 0.717) is 0 Å². The zero-order valence-electron chi connectivity index (χ0n) is 13.5. The Morgan fingerprint density at radius 1 is 1.14 bits per heavy atom. The Bertz CT molecular complexity index is 493. The van der Waals surface area contributed by atoms with Crippen molar-refractivity contribution in [1.82, 2.24) is 4.90 Å². The number of hydrogen-bond acceptors (Lipinski definition) is 2. The van der Waals surface area contributed by atoms with Crippen LogP contribution >= 0.6 is 0 Å². The van der Waals surface area contributed by atoms with E-state index in [1.807, 2.05) is 0 Å². The van der Waals surface area contributed by atoms with Gasteiger partial charge in [0.25, 0.3) is 0 Å². The van der Waals surface area contributed by atoms with E-state index in [4.69, 9.17) is 0 Å². The van der Waals surface area contributed by atoms with E-state index in [2.05, 4.69) is 61.8 Å². The van der Waals surface area contributed by atoms with E-state index in [1.54, 1.807) is 0 Å². The van der Waals surface area contributed by atoms with Gasteiger partial charge >= 0.3 is 0 Å². The van der Waals surface area contributed by atoms with Crippen LogP contribution in [0.4, 0.5) is 0 Å². The number of nitrogens with zero attached hydrogens (tertiary/aromatic N) is 1. The molecule has 21 heavy (non-hydrogen) atoms. The molecule has 1 aliphatic rings. The summed E-state index contributed by atoms with van der Waals surface area (Å²) in [6.45, 7) is 9.70. The molecule has 1 aliphatic heterocycles. The van der Waals surface area contributed by atoms with Crippen molar-refractivity contribution in [1.29, 1.82) is 0 Å². The monoisotopic (exact) mass is 285 g/mol. The molecule has 1 N–H and O–H groups in total. The zero-order chi connectivity index (χ0) is 15.3. The van der Waals surface area contributed by atoms with Crippen LogP contribution in [0.15, 0.2) is 24.3 Å². The molecule has 0 radical (unpaired) electrons. The highest BCUT2D eigenvalue weighted by molar-refractivity contribution is 5.37. The van der Waals surface area contributed by atoms with Gasteiger partial charge in [0.1, 0.15) is 0 Å². The minimum absolute atomic E-state index is 0.0892. The predicted octanol–water partition coefficient (Wildman–Crippen LogP) is 3.18. The van der Waals surface area contributed by atoms with Gasteiger partial charge in [-0.05, 0) is 36.0 Å². The van der Waals surface area contributed by atoms with E-state index < -0.39 is 0 Å². The molecular formula is C19H27NO. The summed E-state index contributed by atoms with van der Waals surface area (Å²) < 4.78 is 0. The summed E-state index contributed by atoms with van der Waals surface area (Å²) in [6, 6.07) is 8.59. The van der Waals surface area contributed by atoms with Crippen LogP contribution in [-0.4, -0.2) is 35.7 Å². The number of likely N-dealkylation sites (tertiary alicyclic amines) is 1. The van der Waals surface area contributed by atoms with Crippen molar-refractivity contribution < 1.29 is 5.11 Å². The van der Waals surface area contributed by atoms with Crippen molar-refractivity contribution >= 4 is 0 Å². The Labute approximate surface area is 129 Å². The first-order valence-electron chi connectivity index (χ1n) is 7.95. The van der Waals surface area contributed by atoms with E-state index in [9.17, 15) is 5.11 Å². The average molecular weight is 285 g/mol. The summed E-state index contributed by atoms with van der Waals surface area (Å²) >= 11 is 0. The Morgan fingerprint density at radius 3 is 2.33 bits per heavy atom. The second kappa shape index (κ2) is 7.11. The second-order valence-corrected chi connectivity index (χ2v) is 6.95. The first kappa shape index (κ1) is 16.1. The van der Waals surface area contributed by atoms with Gasteiger partial charge in [0, 0.05) is 31.6 Å². The van der Waals surface area contributed by atoms with Gasteiger partial charge in [0.2, 0.25) is 0 Å². The third kappa shape index (κ3) is 5.19. The fourth-order valence-corrected chi connectivity index (χ4v) is 2.58. The number of aliphatic hydroxyl groups is 1. The summed E-state index contributed by atoms with van der Waals surface area (Å²) in [7, 11) is 0. The maximum absolute atomic E-state index is 9.47. The molecule has 0 amide bonds. The first-order valence-corrected chi connectivity index (χ1v) is 7.95. The van der Waals surface area contributed by atoms with Crippen LogP contribution in [0.1, 0.15) is 51.2 Å². The molecule has 0 saturated carbocycles. The van der Waals surface area contributed by atoms with Crippen molar-refractivity contribution in [2.24, 2.45) is 0 Å². The molecule has 1 heterocycles. The highest BCUT2D eigenvalue weighted by Crippen LogP contribution is 2.21. The molecule has 0 bridgehead atoms. The molecular weight excluding hydrogens is 258 g/mol. The Hall–Kier alpha value is -1.30. The molecule has 1 fully saturated rings. The van der Waals surface area contributed by atoms with Gasteiger partial charge in [-0.1, -0.05) is 44.7 Å². The van der Waals surface area contributed by atoms with Crippen LogP contribution in [0.5, 0.6) is 0 Å². The SMILES string of the molecule is CC(C)(C)c1ccc(C#CCCN2CCC(O)CC2)cc1. The average Bonchev–Trinajstić information content (AvgIpc) is 2.45. The quantitative estimate of drug-likeness (QED) is 0.844. The van der Waals surface area contributed by atoms with Crippen molar-refractivity contribution in [2.45, 2.75) is 51.6 Å². The molecule has 2 rings (SSSR count). The predicted molar refractivity (Wildman–Crippen MR) is 88.3 cm³/mol. The zero-order valence-corrected chi connectivity index (χ0v) is 13.5. The number of benzene rings is 1. The maximum atomic E-state index is 9.47. The minimum Gasteiger partial charge on any atom is -0.393 e. The van der Waals surface area contributed by atoms with Gasteiger partial charge < -0.3 is 10.0 Å². The summed E-state index contributed by atoms with van der Waals surface area (Å²) in [5, 5.41) is 9.47. The molecule has 0 spiro atoms. The first-order chi connectivity index (χ1) is 9.95. The van der Waals surface area contributed by atoms with Crippen LogP contribution < -0.4 is 0 Å². The van der Waals surface area contributed by atoms with Crippen LogP contribution in [0, 0.1) is 11.8 Å². The minimum atomic E-state index is -0.0892. The fourth-order valence-electron chi connectivity index (χ4n) is 2.58. The van der Waals surface area contributed by atoms with Gasteiger partial charge in [-0.3, -0.25) is 0 Å². The largest absolute Gasteiger partial charge is 0.393 e. The standard InChI is InChI=1S/C19H27NO/c1-19(2,3)17-9-7-16(8-10-17)6-4-5-13-20-14-11-18(21)12-15-20/h7-10,18,21H,5,11-15H2,1-3H3. The lowest BCUT2D eigenvalue weighted by Gasteiger charge is -2.28. The number of piperidine rings is 1. The lowest BCUT2D eigenvalue weighted by molar-refractivity contribution is 0.0837. The Balaban J connectivity index is 1.80. The topological polar surface area (TPSA) is 23.5 Å². The van der Waals surface area contributed by atoms with Crippen LogP contribution in [0.3, 0.4) is 0 Å². The van der Waals surface area contributed by atoms with E-state index in [0.717, 1.165) is 44.5 Å². The molecule has 2 heteroatoms. The van der Waals surface area contributed by atoms with Crippen molar-refractivity contribution in [3.8, 4) is 11.8 Å². The van der Waals surface area contributed by atoms with Crippen LogP contribution in [0.2, 0.25) is 0 Å². The third-order valence-electron chi connectivity index (χ3n) is 4.09. The molecule has 0 unspecified atom stereocenters. The number of aliphatic hydroxyl groups excluding tert-OH is 1. The molecule has 114 valence electrons. The van der Waals surface area contributed by atoms with Crippen LogP contribution in [0.25, 0.3) is 0 Å². The molecule has 0 aromatic heterocycles. The lowest BCUT2D eigenvalue weighted by atomic mass is 9.87. The Morgan fingerprint density at radius 2 is 1.76 bits per heavy atom. The van der Waals surface area contributed by atoms with Gasteiger partial charge in [-0.2, -0.15) is 0 Å². The molecule has 1 aromatic carbocycles. The van der Waals surface area contributed by atoms with E-state index in [1.165, 1.54) is 5.56 Å². The van der Waals surface area contributed by atoms with Gasteiger partial charge in [-0.25, -0.2) is 0 Å². The number of hydrogen-bond donors (Lipinski definition) is 1. The number of rotatable bonds is 2. The van der Waals surface area contributed by atoms with Crippen molar-refractivity contribution in [3.63, 3.8) is 0 Å². The molecule has 1 aromatic rings. The summed E-state index contributed by atoms with van der Waals surface area (Å²) in [5.74, 6) is 6.51. The normalized spacial score (nSPS) is 17.3.